The van der Waals surface area contributed by atoms with Crippen molar-refractivity contribution in [2.75, 3.05) is 0 Å². The van der Waals surface area contributed by atoms with Crippen LogP contribution in [0.1, 0.15) is 31.9 Å². The van der Waals surface area contributed by atoms with E-state index in [2.05, 4.69) is 0 Å². The van der Waals surface area contributed by atoms with Gasteiger partial charge >= 0.3 is 5.97 Å². The molecule has 0 aliphatic rings. The van der Waals surface area contributed by atoms with Gasteiger partial charge in [0.15, 0.2) is 6.10 Å². The molecule has 1 aromatic rings. The highest BCUT2D eigenvalue weighted by atomic mass is 16.5. The molecule has 1 rings (SSSR count). The monoisotopic (exact) mass is 223 g/mol. The topological polar surface area (TPSA) is 72.5 Å². The van der Waals surface area contributed by atoms with Gasteiger partial charge in [-0.1, -0.05) is 25.1 Å². The third-order valence-corrected chi connectivity index (χ3v) is 2.41. The van der Waals surface area contributed by atoms with Gasteiger partial charge in [-0.05, 0) is 19.4 Å². The molecule has 2 unspecified atom stereocenters. The van der Waals surface area contributed by atoms with E-state index in [0.29, 0.717) is 5.75 Å². The SMILES string of the molecule is CCC(N)c1ccccc1OC(C)C(=O)O. The van der Waals surface area contributed by atoms with Gasteiger partial charge in [-0.3, -0.25) is 0 Å². The van der Waals surface area contributed by atoms with Crippen molar-refractivity contribution in [2.24, 2.45) is 5.73 Å². The zero-order valence-electron chi connectivity index (χ0n) is 9.51. The molecule has 0 bridgehead atoms. The molecule has 0 aliphatic heterocycles. The lowest BCUT2D eigenvalue weighted by Crippen LogP contribution is -2.24. The van der Waals surface area contributed by atoms with Gasteiger partial charge in [0, 0.05) is 11.6 Å². The third kappa shape index (κ3) is 2.97. The molecule has 0 radical (unpaired) electrons. The van der Waals surface area contributed by atoms with E-state index in [9.17, 15) is 4.79 Å². The fraction of sp³-hybridized carbons (Fsp3) is 0.417. The number of ether oxygens (including phenoxy) is 1. The van der Waals surface area contributed by atoms with Gasteiger partial charge < -0.3 is 15.6 Å². The van der Waals surface area contributed by atoms with Crippen LogP contribution >= 0.6 is 0 Å². The fourth-order valence-electron chi connectivity index (χ4n) is 1.35. The van der Waals surface area contributed by atoms with Crippen LogP contribution < -0.4 is 10.5 Å². The molecule has 3 N–H and O–H groups in total. The van der Waals surface area contributed by atoms with Crippen LogP contribution in [0, 0.1) is 0 Å². The van der Waals surface area contributed by atoms with Crippen molar-refractivity contribution in [1.29, 1.82) is 0 Å². The van der Waals surface area contributed by atoms with Crippen LogP contribution in [0.15, 0.2) is 24.3 Å². The van der Waals surface area contributed by atoms with Crippen LogP contribution in [0.3, 0.4) is 0 Å². The maximum atomic E-state index is 10.7. The van der Waals surface area contributed by atoms with Crippen LogP contribution in [-0.2, 0) is 4.79 Å². The number of hydrogen-bond donors (Lipinski definition) is 2. The van der Waals surface area contributed by atoms with Gasteiger partial charge in [0.05, 0.1) is 0 Å². The molecule has 0 heterocycles. The second kappa shape index (κ2) is 5.51. The van der Waals surface area contributed by atoms with E-state index in [1.807, 2.05) is 19.1 Å². The van der Waals surface area contributed by atoms with Gasteiger partial charge in [-0.25, -0.2) is 4.79 Å². The zero-order valence-corrected chi connectivity index (χ0v) is 9.51. The van der Waals surface area contributed by atoms with Crippen molar-refractivity contribution in [3.8, 4) is 5.75 Å². The molecule has 2 atom stereocenters. The average Bonchev–Trinajstić information content (AvgIpc) is 2.28. The molecular formula is C12H17NO3. The number of nitrogens with two attached hydrogens (primary N) is 1. The molecule has 4 nitrogen and oxygen atoms in total. The zero-order chi connectivity index (χ0) is 12.1. The van der Waals surface area contributed by atoms with Gasteiger partial charge in [-0.15, -0.1) is 0 Å². The second-order valence-corrected chi connectivity index (χ2v) is 3.65. The number of carbonyl (C=O) groups is 1. The minimum absolute atomic E-state index is 0.128. The highest BCUT2D eigenvalue weighted by Crippen LogP contribution is 2.26. The summed E-state index contributed by atoms with van der Waals surface area (Å²) in [6.07, 6.45) is -0.0906. The summed E-state index contributed by atoms with van der Waals surface area (Å²) in [5.41, 5.74) is 6.76. The number of carboxylic acids is 1. The van der Waals surface area contributed by atoms with Crippen molar-refractivity contribution < 1.29 is 14.6 Å². The quantitative estimate of drug-likeness (QED) is 0.800. The van der Waals surface area contributed by atoms with Crippen LogP contribution in [0.2, 0.25) is 0 Å². The summed E-state index contributed by atoms with van der Waals surface area (Å²) in [4.78, 5) is 10.7. The molecular weight excluding hydrogens is 206 g/mol. The molecule has 16 heavy (non-hydrogen) atoms. The Bertz CT molecular complexity index is 365. The first kappa shape index (κ1) is 12.5. The summed E-state index contributed by atoms with van der Waals surface area (Å²) in [5, 5.41) is 8.77. The molecule has 0 saturated carbocycles. The van der Waals surface area contributed by atoms with E-state index >= 15 is 0 Å². The molecule has 0 aliphatic carbocycles. The molecule has 88 valence electrons. The van der Waals surface area contributed by atoms with Crippen molar-refractivity contribution in [2.45, 2.75) is 32.4 Å². The van der Waals surface area contributed by atoms with E-state index in [-0.39, 0.29) is 6.04 Å². The van der Waals surface area contributed by atoms with Gasteiger partial charge in [0.25, 0.3) is 0 Å². The summed E-state index contributed by atoms with van der Waals surface area (Å²) in [6.45, 7) is 3.47. The second-order valence-electron chi connectivity index (χ2n) is 3.65. The first-order chi connectivity index (χ1) is 7.56. The van der Waals surface area contributed by atoms with E-state index < -0.39 is 12.1 Å². The number of rotatable bonds is 5. The highest BCUT2D eigenvalue weighted by Gasteiger charge is 2.16. The Morgan fingerprint density at radius 3 is 2.69 bits per heavy atom. The van der Waals surface area contributed by atoms with Crippen LogP contribution in [0.25, 0.3) is 0 Å². The van der Waals surface area contributed by atoms with Gasteiger partial charge in [0.1, 0.15) is 5.75 Å². The minimum Gasteiger partial charge on any atom is -0.479 e. The normalized spacial score (nSPS) is 14.2. The number of carboxylic acid groups (broad SMARTS) is 1. The predicted molar refractivity (Wildman–Crippen MR) is 61.4 cm³/mol. The van der Waals surface area contributed by atoms with Gasteiger partial charge in [0.2, 0.25) is 0 Å². The Morgan fingerprint density at radius 2 is 2.12 bits per heavy atom. The molecule has 1 aromatic carbocycles. The molecule has 0 saturated heterocycles. The van der Waals surface area contributed by atoms with Crippen LogP contribution in [-0.4, -0.2) is 17.2 Å². The summed E-state index contributed by atoms with van der Waals surface area (Å²) in [7, 11) is 0. The minimum atomic E-state index is -0.986. The molecule has 0 amide bonds. The number of para-hydroxylation sites is 1. The van der Waals surface area contributed by atoms with E-state index in [1.54, 1.807) is 12.1 Å². The largest absolute Gasteiger partial charge is 0.479 e. The van der Waals surface area contributed by atoms with E-state index in [1.165, 1.54) is 6.92 Å². The summed E-state index contributed by atoms with van der Waals surface area (Å²) in [5.74, 6) is -0.438. The van der Waals surface area contributed by atoms with Crippen molar-refractivity contribution in [3.63, 3.8) is 0 Å². The third-order valence-electron chi connectivity index (χ3n) is 2.41. The van der Waals surface area contributed by atoms with E-state index in [0.717, 1.165) is 12.0 Å². The maximum absolute atomic E-state index is 10.7. The van der Waals surface area contributed by atoms with Crippen LogP contribution in [0.4, 0.5) is 0 Å². The Morgan fingerprint density at radius 1 is 1.50 bits per heavy atom. The first-order valence-electron chi connectivity index (χ1n) is 5.30. The highest BCUT2D eigenvalue weighted by molar-refractivity contribution is 5.72. The Labute approximate surface area is 95.0 Å². The Balaban J connectivity index is 2.90. The maximum Gasteiger partial charge on any atom is 0.344 e. The van der Waals surface area contributed by atoms with Crippen molar-refractivity contribution >= 4 is 5.97 Å². The lowest BCUT2D eigenvalue weighted by atomic mass is 10.0. The Hall–Kier alpha value is -1.55. The lowest BCUT2D eigenvalue weighted by Gasteiger charge is -2.17. The molecule has 0 aromatic heterocycles. The molecule has 4 heteroatoms. The summed E-state index contributed by atoms with van der Waals surface area (Å²) in [6, 6.07) is 7.14. The summed E-state index contributed by atoms with van der Waals surface area (Å²) >= 11 is 0. The predicted octanol–water partition coefficient (Wildman–Crippen LogP) is 1.95. The first-order valence-corrected chi connectivity index (χ1v) is 5.30. The average molecular weight is 223 g/mol. The smallest absolute Gasteiger partial charge is 0.344 e. The van der Waals surface area contributed by atoms with Crippen molar-refractivity contribution in [1.82, 2.24) is 0 Å². The fourth-order valence-corrected chi connectivity index (χ4v) is 1.35. The van der Waals surface area contributed by atoms with Gasteiger partial charge in [-0.2, -0.15) is 0 Å². The number of hydrogen-bond acceptors (Lipinski definition) is 3. The van der Waals surface area contributed by atoms with Crippen molar-refractivity contribution in [3.05, 3.63) is 29.8 Å². The number of aliphatic carboxylic acids is 1. The number of benzene rings is 1. The lowest BCUT2D eigenvalue weighted by molar-refractivity contribution is -0.144. The van der Waals surface area contributed by atoms with Crippen LogP contribution in [0.5, 0.6) is 5.75 Å². The Kier molecular flexibility index (Phi) is 4.31. The molecule has 0 spiro atoms. The van der Waals surface area contributed by atoms with E-state index in [4.69, 9.17) is 15.6 Å². The summed E-state index contributed by atoms with van der Waals surface area (Å²) < 4.78 is 5.35. The standard InChI is InChI=1S/C12H17NO3/c1-3-10(13)9-6-4-5-7-11(9)16-8(2)12(14)15/h4-8,10H,3,13H2,1-2H3,(H,14,15). The molecule has 0 fully saturated rings.